The first-order chi connectivity index (χ1) is 14.8. The number of carbonyl (C=O) groups is 2. The number of amides is 2. The average molecular weight is 448 g/mol. The van der Waals surface area contributed by atoms with Gasteiger partial charge in [-0.3, -0.25) is 25.3 Å². The first-order valence-corrected chi connectivity index (χ1v) is 11.5. The normalized spacial score (nSPS) is 16.7. The van der Waals surface area contributed by atoms with Crippen molar-refractivity contribution in [2.45, 2.75) is 6.04 Å². The number of methoxy groups -OCH3 is 2. The van der Waals surface area contributed by atoms with Gasteiger partial charge in [-0.25, -0.2) is 8.42 Å². The molecule has 1 fully saturated rings. The molecule has 31 heavy (non-hydrogen) atoms. The van der Waals surface area contributed by atoms with Gasteiger partial charge in [-0.05, 0) is 23.8 Å². The number of nitrogens with one attached hydrogen (secondary N) is 2. The minimum absolute atomic E-state index is 0.0123. The minimum Gasteiger partial charge on any atom is -0.493 e. The van der Waals surface area contributed by atoms with E-state index in [1.54, 1.807) is 41.3 Å². The monoisotopic (exact) mass is 447 g/mol. The Kier molecular flexibility index (Phi) is 7.13. The Morgan fingerprint density at radius 2 is 1.58 bits per heavy atom. The average Bonchev–Trinajstić information content (AvgIpc) is 2.79. The van der Waals surface area contributed by atoms with E-state index in [9.17, 15) is 18.0 Å². The summed E-state index contributed by atoms with van der Waals surface area (Å²) in [7, 11) is -0.140. The second-order valence-electron chi connectivity index (χ2n) is 7.01. The van der Waals surface area contributed by atoms with Gasteiger partial charge in [0.15, 0.2) is 21.3 Å². The molecule has 3 rings (SSSR count). The number of rotatable bonds is 6. The van der Waals surface area contributed by atoms with Crippen LogP contribution in [0.15, 0.2) is 48.5 Å². The van der Waals surface area contributed by atoms with Crippen molar-refractivity contribution in [2.75, 3.05) is 38.8 Å². The SMILES string of the molecule is COc1ccc(C(=O)NNC(=O)C(c2ccccc2)N2CCS(=O)(=O)CC2)cc1OC. The molecule has 0 bridgehead atoms. The molecule has 2 aromatic carbocycles. The molecule has 166 valence electrons. The molecule has 1 aliphatic rings. The summed E-state index contributed by atoms with van der Waals surface area (Å²) in [5, 5.41) is 0. The van der Waals surface area contributed by atoms with E-state index in [-0.39, 0.29) is 30.2 Å². The Morgan fingerprint density at radius 3 is 2.19 bits per heavy atom. The number of benzene rings is 2. The third kappa shape index (κ3) is 5.53. The van der Waals surface area contributed by atoms with Crippen LogP contribution in [0, 0.1) is 0 Å². The van der Waals surface area contributed by atoms with Crippen LogP contribution in [-0.2, 0) is 14.6 Å². The first-order valence-electron chi connectivity index (χ1n) is 9.66. The van der Waals surface area contributed by atoms with E-state index in [4.69, 9.17) is 9.47 Å². The highest BCUT2D eigenvalue weighted by atomic mass is 32.2. The van der Waals surface area contributed by atoms with Crippen LogP contribution in [0.5, 0.6) is 11.5 Å². The van der Waals surface area contributed by atoms with Crippen LogP contribution in [0.25, 0.3) is 0 Å². The summed E-state index contributed by atoms with van der Waals surface area (Å²) in [6, 6.07) is 12.9. The molecule has 1 aliphatic heterocycles. The van der Waals surface area contributed by atoms with Crippen molar-refractivity contribution in [3.05, 3.63) is 59.7 Å². The minimum atomic E-state index is -3.10. The summed E-state index contributed by atoms with van der Waals surface area (Å²) >= 11 is 0. The fourth-order valence-electron chi connectivity index (χ4n) is 3.38. The van der Waals surface area contributed by atoms with E-state index in [2.05, 4.69) is 10.9 Å². The topological polar surface area (TPSA) is 114 Å². The van der Waals surface area contributed by atoms with Gasteiger partial charge < -0.3 is 9.47 Å². The molecule has 10 heteroatoms. The molecule has 2 amide bonds. The van der Waals surface area contributed by atoms with Crippen molar-refractivity contribution in [3.8, 4) is 11.5 Å². The van der Waals surface area contributed by atoms with E-state index < -0.39 is 27.7 Å². The lowest BCUT2D eigenvalue weighted by Gasteiger charge is -2.33. The van der Waals surface area contributed by atoms with Crippen LogP contribution in [0.1, 0.15) is 22.0 Å². The summed E-state index contributed by atoms with van der Waals surface area (Å²) in [4.78, 5) is 27.3. The smallest absolute Gasteiger partial charge is 0.269 e. The highest BCUT2D eigenvalue weighted by Gasteiger charge is 2.32. The lowest BCUT2D eigenvalue weighted by Crippen LogP contribution is -2.51. The van der Waals surface area contributed by atoms with Gasteiger partial charge in [0.25, 0.3) is 11.8 Å². The first kappa shape index (κ1) is 22.6. The molecule has 1 unspecified atom stereocenters. The van der Waals surface area contributed by atoms with Gasteiger partial charge >= 0.3 is 0 Å². The molecular formula is C21H25N3O6S. The number of sulfone groups is 1. The quantitative estimate of drug-likeness (QED) is 0.634. The maximum Gasteiger partial charge on any atom is 0.269 e. The van der Waals surface area contributed by atoms with E-state index in [1.165, 1.54) is 20.3 Å². The van der Waals surface area contributed by atoms with Gasteiger partial charge in [-0.15, -0.1) is 0 Å². The standard InChI is InChI=1S/C21H25N3O6S/c1-29-17-9-8-16(14-18(17)30-2)20(25)22-23-21(26)19(15-6-4-3-5-7-15)24-10-12-31(27,28)13-11-24/h3-9,14,19H,10-13H2,1-2H3,(H,22,25)(H,23,26). The zero-order valence-electron chi connectivity index (χ0n) is 17.3. The second-order valence-corrected chi connectivity index (χ2v) is 9.32. The number of carbonyl (C=O) groups excluding carboxylic acids is 2. The molecule has 0 saturated carbocycles. The van der Waals surface area contributed by atoms with Crippen molar-refractivity contribution in [2.24, 2.45) is 0 Å². The van der Waals surface area contributed by atoms with Gasteiger partial charge in [0.2, 0.25) is 0 Å². The highest BCUT2D eigenvalue weighted by Crippen LogP contribution is 2.27. The van der Waals surface area contributed by atoms with E-state index in [1.807, 2.05) is 6.07 Å². The molecular weight excluding hydrogens is 422 g/mol. The van der Waals surface area contributed by atoms with Crippen molar-refractivity contribution in [1.82, 2.24) is 15.8 Å². The van der Waals surface area contributed by atoms with E-state index >= 15 is 0 Å². The number of ether oxygens (including phenoxy) is 2. The summed E-state index contributed by atoms with van der Waals surface area (Å²) < 4.78 is 33.9. The fraction of sp³-hybridized carbons (Fsp3) is 0.333. The van der Waals surface area contributed by atoms with Gasteiger partial charge in [0, 0.05) is 18.7 Å². The molecule has 2 aromatic rings. The van der Waals surface area contributed by atoms with Crippen LogP contribution in [0.4, 0.5) is 0 Å². The third-order valence-corrected chi connectivity index (χ3v) is 6.66. The molecule has 1 saturated heterocycles. The Labute approximate surface area is 181 Å². The molecule has 0 radical (unpaired) electrons. The van der Waals surface area contributed by atoms with E-state index in [0.29, 0.717) is 17.1 Å². The zero-order valence-corrected chi connectivity index (χ0v) is 18.1. The van der Waals surface area contributed by atoms with Crippen LogP contribution >= 0.6 is 0 Å². The Balaban J connectivity index is 1.73. The Hall–Kier alpha value is -3.11. The molecule has 1 heterocycles. The second kappa shape index (κ2) is 9.80. The van der Waals surface area contributed by atoms with Gasteiger partial charge in [0.05, 0.1) is 25.7 Å². The van der Waals surface area contributed by atoms with Crippen LogP contribution < -0.4 is 20.3 Å². The molecule has 9 nitrogen and oxygen atoms in total. The number of hydrazine groups is 1. The van der Waals surface area contributed by atoms with Crippen molar-refractivity contribution in [3.63, 3.8) is 0 Å². The lowest BCUT2D eigenvalue weighted by atomic mass is 10.0. The third-order valence-electron chi connectivity index (χ3n) is 5.05. The molecule has 2 N–H and O–H groups in total. The van der Waals surface area contributed by atoms with Crippen molar-refractivity contribution < 1.29 is 27.5 Å². The maximum absolute atomic E-state index is 13.0. The Morgan fingerprint density at radius 1 is 0.935 bits per heavy atom. The van der Waals surface area contributed by atoms with E-state index in [0.717, 1.165) is 0 Å². The summed E-state index contributed by atoms with van der Waals surface area (Å²) in [5.74, 6) is -0.143. The largest absolute Gasteiger partial charge is 0.493 e. The van der Waals surface area contributed by atoms with Crippen LogP contribution in [-0.4, -0.2) is 63.9 Å². The summed E-state index contributed by atoms with van der Waals surface area (Å²) in [6.45, 7) is 0.470. The van der Waals surface area contributed by atoms with Crippen LogP contribution in [0.3, 0.4) is 0 Å². The predicted octanol–water partition coefficient (Wildman–Crippen LogP) is 0.937. The zero-order chi connectivity index (χ0) is 22.4. The summed E-state index contributed by atoms with van der Waals surface area (Å²) in [5.41, 5.74) is 5.86. The highest BCUT2D eigenvalue weighted by molar-refractivity contribution is 7.91. The van der Waals surface area contributed by atoms with Gasteiger partial charge in [0.1, 0.15) is 6.04 Å². The van der Waals surface area contributed by atoms with Crippen molar-refractivity contribution >= 4 is 21.7 Å². The number of hydrogen-bond acceptors (Lipinski definition) is 7. The number of hydrogen-bond donors (Lipinski definition) is 2. The van der Waals surface area contributed by atoms with Crippen molar-refractivity contribution in [1.29, 1.82) is 0 Å². The lowest BCUT2D eigenvalue weighted by molar-refractivity contribution is -0.127. The maximum atomic E-state index is 13.0. The molecule has 1 atom stereocenters. The van der Waals surface area contributed by atoms with Crippen LogP contribution in [0.2, 0.25) is 0 Å². The fourth-order valence-corrected chi connectivity index (χ4v) is 4.61. The molecule has 0 aliphatic carbocycles. The number of nitrogens with zero attached hydrogens (tertiary/aromatic N) is 1. The summed E-state index contributed by atoms with van der Waals surface area (Å²) in [6.07, 6.45) is 0. The molecule has 0 aromatic heterocycles. The predicted molar refractivity (Wildman–Crippen MR) is 115 cm³/mol. The molecule has 0 spiro atoms. The Bertz CT molecular complexity index is 1030. The van der Waals surface area contributed by atoms with Gasteiger partial charge in [-0.2, -0.15) is 0 Å². The van der Waals surface area contributed by atoms with Gasteiger partial charge in [-0.1, -0.05) is 30.3 Å².